The molecule has 8 N–H and O–H groups in total. The van der Waals surface area contributed by atoms with Crippen LogP contribution in [0.1, 0.15) is 26.4 Å². The normalized spacial score (nSPS) is 11.1. The lowest BCUT2D eigenvalue weighted by atomic mass is 10.1. The van der Waals surface area contributed by atoms with E-state index in [-0.39, 0.29) is 28.3 Å². The van der Waals surface area contributed by atoms with Crippen molar-refractivity contribution in [2.24, 2.45) is 5.11 Å². The van der Waals surface area contributed by atoms with Gasteiger partial charge in [0, 0.05) is 24.0 Å². The zero-order valence-corrected chi connectivity index (χ0v) is 19.2. The number of carbonyl (C=O) groups excluding carboxylic acids is 2. The number of aromatic nitrogens is 4. The van der Waals surface area contributed by atoms with Crippen molar-refractivity contribution >= 4 is 23.2 Å². The Morgan fingerprint density at radius 3 is 2.24 bits per heavy atom. The summed E-state index contributed by atoms with van der Waals surface area (Å²) in [5.74, 6) is -2.48. The highest BCUT2D eigenvalue weighted by molar-refractivity contribution is 5.97. The first-order valence-electron chi connectivity index (χ1n) is 10.6. The van der Waals surface area contributed by atoms with Gasteiger partial charge in [-0.05, 0) is 36.4 Å². The molecule has 0 aliphatic heterocycles. The Balaban J connectivity index is 1.56. The highest BCUT2D eigenvalue weighted by Crippen LogP contribution is 2.25. The number of phenols is 2. The van der Waals surface area contributed by atoms with Gasteiger partial charge in [0.1, 0.15) is 22.9 Å². The largest absolute Gasteiger partial charge is 0.507 e. The highest BCUT2D eigenvalue weighted by Gasteiger charge is 2.14. The lowest BCUT2D eigenvalue weighted by Gasteiger charge is -2.07. The van der Waals surface area contributed by atoms with Gasteiger partial charge in [0.05, 0.1) is 34.4 Å². The van der Waals surface area contributed by atoms with Crippen molar-refractivity contribution < 1.29 is 30.2 Å². The lowest BCUT2D eigenvalue weighted by Crippen LogP contribution is -2.18. The molecule has 2 heterocycles. The van der Waals surface area contributed by atoms with Crippen LogP contribution < -0.4 is 16.3 Å². The molecule has 0 saturated heterocycles. The van der Waals surface area contributed by atoms with Crippen LogP contribution in [0.25, 0.3) is 22.8 Å². The fourth-order valence-corrected chi connectivity index (χ4v) is 3.33. The molecule has 0 saturated carbocycles. The van der Waals surface area contributed by atoms with Gasteiger partial charge in [-0.1, -0.05) is 11.3 Å². The number of aromatic hydroxyl groups is 2. The molecule has 0 aliphatic carbocycles. The number of anilines is 1. The van der Waals surface area contributed by atoms with Crippen molar-refractivity contribution in [1.82, 2.24) is 30.9 Å². The summed E-state index contributed by atoms with van der Waals surface area (Å²) in [6.07, 6.45) is 2.92. The van der Waals surface area contributed by atoms with E-state index in [1.807, 2.05) is 0 Å². The minimum absolute atomic E-state index is 0.125. The summed E-state index contributed by atoms with van der Waals surface area (Å²) in [4.78, 5) is 27.5. The fourth-order valence-electron chi connectivity index (χ4n) is 3.33. The topological polar surface area (TPSA) is 231 Å². The molecule has 15 heteroatoms. The second-order valence-electron chi connectivity index (χ2n) is 7.56. The summed E-state index contributed by atoms with van der Waals surface area (Å²) in [6, 6.07) is 13.1. The Morgan fingerprint density at radius 2 is 1.61 bits per heavy atom. The number of amides is 2. The van der Waals surface area contributed by atoms with E-state index in [4.69, 9.17) is 15.9 Å². The maximum absolute atomic E-state index is 11.5. The predicted molar refractivity (Wildman–Crippen MR) is 130 cm³/mol. The van der Waals surface area contributed by atoms with Crippen LogP contribution in [0.5, 0.6) is 11.5 Å². The van der Waals surface area contributed by atoms with Crippen LogP contribution in [0.2, 0.25) is 0 Å². The molecular weight excluding hydrogens is 498 g/mol. The first-order valence-corrected chi connectivity index (χ1v) is 10.6. The van der Waals surface area contributed by atoms with Gasteiger partial charge in [-0.3, -0.25) is 20.0 Å². The zero-order chi connectivity index (χ0) is 27.2. The van der Waals surface area contributed by atoms with E-state index < -0.39 is 11.8 Å². The van der Waals surface area contributed by atoms with E-state index in [1.54, 1.807) is 24.4 Å². The van der Waals surface area contributed by atoms with Crippen molar-refractivity contribution in [2.45, 2.75) is 0 Å². The summed E-state index contributed by atoms with van der Waals surface area (Å²) in [7, 11) is 0. The minimum atomic E-state index is -0.868. The smallest absolute Gasteiger partial charge is 0.278 e. The van der Waals surface area contributed by atoms with E-state index in [1.165, 1.54) is 58.2 Å². The lowest BCUT2D eigenvalue weighted by molar-refractivity contribution is 0.0699. The van der Waals surface area contributed by atoms with Gasteiger partial charge >= 0.3 is 0 Å². The summed E-state index contributed by atoms with van der Waals surface area (Å²) < 4.78 is 1.35. The molecule has 2 amide bonds. The van der Waals surface area contributed by atoms with Gasteiger partial charge in [-0.2, -0.15) is 5.11 Å². The Labute approximate surface area is 213 Å². The Morgan fingerprint density at radius 1 is 0.921 bits per heavy atom. The van der Waals surface area contributed by atoms with E-state index in [2.05, 4.69) is 25.7 Å². The Bertz CT molecular complexity index is 1570. The predicted octanol–water partition coefficient (Wildman–Crippen LogP) is 2.42. The number of benzene rings is 2. The number of hydrogen-bond donors (Lipinski definition) is 8. The van der Waals surface area contributed by atoms with Crippen molar-refractivity contribution in [3.8, 4) is 28.6 Å². The van der Waals surface area contributed by atoms with Crippen LogP contribution in [-0.4, -0.2) is 52.4 Å². The highest BCUT2D eigenvalue weighted by atomic mass is 16.5. The minimum Gasteiger partial charge on any atom is -0.507 e. The van der Waals surface area contributed by atoms with Crippen molar-refractivity contribution in [1.29, 1.82) is 5.53 Å². The van der Waals surface area contributed by atoms with Gasteiger partial charge in [0.25, 0.3) is 11.8 Å². The average molecular weight is 517 g/mol. The molecule has 4 rings (SSSR count). The molecule has 0 bridgehead atoms. The van der Waals surface area contributed by atoms with Crippen molar-refractivity contribution in [3.05, 3.63) is 83.8 Å². The van der Waals surface area contributed by atoms with Crippen molar-refractivity contribution in [2.75, 3.05) is 5.32 Å². The second kappa shape index (κ2) is 10.9. The molecule has 0 radical (unpaired) electrons. The Kier molecular flexibility index (Phi) is 7.32. The standard InChI is InChI=1S/C23H19N9O6/c24-27-18(10-25-12-4-6-14(20(33)8-12)22(35)29-37)16-2-1-3-17(26-16)19-11-32(31-28-19)13-5-7-15(21(34)9-13)23(36)30-38/h1-11,24-25,33-34,37-38H,(H,29,35)(H,30,36)/b18-10-,27-24?. The van der Waals surface area contributed by atoms with Gasteiger partial charge < -0.3 is 15.5 Å². The van der Waals surface area contributed by atoms with Crippen LogP contribution in [0.15, 0.2) is 72.1 Å². The van der Waals surface area contributed by atoms with E-state index in [9.17, 15) is 19.8 Å². The van der Waals surface area contributed by atoms with Gasteiger partial charge in [0.2, 0.25) is 0 Å². The fraction of sp³-hybridized carbons (Fsp3) is 0. The number of nitrogens with one attached hydrogen (secondary N) is 4. The SMILES string of the molecule is N=N/C(=C\Nc1ccc(C(=O)NO)c(O)c1)c1cccc(-c2cn(-c3ccc(C(=O)NO)c(O)c3)nn2)n1. The van der Waals surface area contributed by atoms with Crippen LogP contribution in [0.4, 0.5) is 5.69 Å². The molecule has 0 unspecified atom stereocenters. The molecular formula is C23H19N9O6. The van der Waals surface area contributed by atoms with Crippen LogP contribution in [0.3, 0.4) is 0 Å². The number of pyridine rings is 1. The van der Waals surface area contributed by atoms with E-state index >= 15 is 0 Å². The molecule has 0 fully saturated rings. The molecule has 15 nitrogen and oxygen atoms in total. The third-order valence-electron chi connectivity index (χ3n) is 5.20. The summed E-state index contributed by atoms with van der Waals surface area (Å²) >= 11 is 0. The van der Waals surface area contributed by atoms with Gasteiger partial charge in [-0.15, -0.1) is 5.10 Å². The molecule has 0 spiro atoms. The summed E-state index contributed by atoms with van der Waals surface area (Å²) in [6.45, 7) is 0. The monoisotopic (exact) mass is 517 g/mol. The summed E-state index contributed by atoms with van der Waals surface area (Å²) in [5.41, 5.74) is 12.2. The number of rotatable bonds is 8. The number of nitrogens with zero attached hydrogens (tertiary/aromatic N) is 5. The zero-order valence-electron chi connectivity index (χ0n) is 19.2. The number of carbonyl (C=O) groups is 2. The number of hydroxylamine groups is 2. The third-order valence-corrected chi connectivity index (χ3v) is 5.20. The van der Waals surface area contributed by atoms with Crippen LogP contribution >= 0.6 is 0 Å². The number of phenolic OH excluding ortho intramolecular Hbond substituents is 2. The van der Waals surface area contributed by atoms with Gasteiger partial charge in [-0.25, -0.2) is 26.2 Å². The summed E-state index contributed by atoms with van der Waals surface area (Å²) in [5, 5.41) is 52.0. The van der Waals surface area contributed by atoms with Crippen molar-refractivity contribution in [3.63, 3.8) is 0 Å². The Hall–Kier alpha value is -5.67. The second-order valence-corrected chi connectivity index (χ2v) is 7.56. The van der Waals surface area contributed by atoms with E-state index in [0.29, 0.717) is 28.5 Å². The first kappa shape index (κ1) is 25.4. The molecule has 4 aromatic rings. The van der Waals surface area contributed by atoms with E-state index in [0.717, 1.165) is 0 Å². The molecule has 38 heavy (non-hydrogen) atoms. The molecule has 0 atom stereocenters. The number of hydrogen-bond acceptors (Lipinski definition) is 12. The van der Waals surface area contributed by atoms with Crippen LogP contribution in [-0.2, 0) is 0 Å². The molecule has 2 aromatic carbocycles. The van der Waals surface area contributed by atoms with Gasteiger partial charge in [0.15, 0.2) is 0 Å². The molecule has 0 aliphatic rings. The van der Waals surface area contributed by atoms with Crippen LogP contribution in [0, 0.1) is 5.53 Å². The molecule has 2 aromatic heterocycles. The maximum Gasteiger partial charge on any atom is 0.278 e. The first-order chi connectivity index (χ1) is 18.3. The third kappa shape index (κ3) is 5.27. The molecule has 192 valence electrons. The average Bonchev–Trinajstić information content (AvgIpc) is 3.43. The quantitative estimate of drug-likeness (QED) is 0.0965. The maximum atomic E-state index is 11.5.